The van der Waals surface area contributed by atoms with Crippen molar-refractivity contribution in [1.82, 2.24) is 0 Å². The lowest BCUT2D eigenvalue weighted by Crippen LogP contribution is -2.06. The van der Waals surface area contributed by atoms with E-state index in [2.05, 4.69) is 0 Å². The van der Waals surface area contributed by atoms with Gasteiger partial charge in [-0.1, -0.05) is 30.0 Å². The van der Waals surface area contributed by atoms with Crippen LogP contribution in [-0.2, 0) is 6.42 Å². The second-order valence-electron chi connectivity index (χ2n) is 4.86. The van der Waals surface area contributed by atoms with Crippen LogP contribution in [0.5, 0.6) is 11.5 Å². The standard InChI is InChI=1S/C16H12O4S/c1-8(17)14-11(19)7-13-15(16(14)20)10(18)6-9-4-2-3-5-12(9)21-13/h2-5,7,19-20H,6H2,1H3. The van der Waals surface area contributed by atoms with Crippen LogP contribution in [0.2, 0.25) is 0 Å². The van der Waals surface area contributed by atoms with E-state index < -0.39 is 11.5 Å². The highest BCUT2D eigenvalue weighted by Crippen LogP contribution is 2.44. The molecule has 0 spiro atoms. The van der Waals surface area contributed by atoms with Gasteiger partial charge in [-0.05, 0) is 24.6 Å². The molecule has 0 fully saturated rings. The van der Waals surface area contributed by atoms with E-state index in [1.807, 2.05) is 24.3 Å². The van der Waals surface area contributed by atoms with Crippen LogP contribution in [0.25, 0.3) is 0 Å². The Morgan fingerprint density at radius 1 is 1.19 bits per heavy atom. The molecule has 3 rings (SSSR count). The number of carbonyl (C=O) groups excluding carboxylic acids is 2. The van der Waals surface area contributed by atoms with E-state index in [1.165, 1.54) is 24.8 Å². The topological polar surface area (TPSA) is 74.6 Å². The van der Waals surface area contributed by atoms with Crippen molar-refractivity contribution in [3.8, 4) is 11.5 Å². The molecule has 2 aromatic carbocycles. The number of fused-ring (bicyclic) bond motifs is 2. The van der Waals surface area contributed by atoms with Gasteiger partial charge >= 0.3 is 0 Å². The Morgan fingerprint density at radius 3 is 2.62 bits per heavy atom. The summed E-state index contributed by atoms with van der Waals surface area (Å²) in [5.74, 6) is -1.48. The molecule has 0 radical (unpaired) electrons. The van der Waals surface area contributed by atoms with Gasteiger partial charge < -0.3 is 10.2 Å². The average Bonchev–Trinajstić information content (AvgIpc) is 2.53. The molecular weight excluding hydrogens is 288 g/mol. The first kappa shape index (κ1) is 13.7. The Bertz CT molecular complexity index is 780. The molecule has 0 aliphatic carbocycles. The minimum atomic E-state index is -0.479. The van der Waals surface area contributed by atoms with Crippen LogP contribution in [-0.4, -0.2) is 21.8 Å². The summed E-state index contributed by atoms with van der Waals surface area (Å²) in [6, 6.07) is 8.83. The summed E-state index contributed by atoms with van der Waals surface area (Å²) < 4.78 is 0. The fraction of sp³-hybridized carbons (Fsp3) is 0.125. The molecule has 5 heteroatoms. The molecule has 0 atom stereocenters. The van der Waals surface area contributed by atoms with Gasteiger partial charge in [0, 0.05) is 16.2 Å². The second kappa shape index (κ2) is 4.93. The van der Waals surface area contributed by atoms with Gasteiger partial charge in [0.25, 0.3) is 0 Å². The third kappa shape index (κ3) is 2.19. The number of benzene rings is 2. The van der Waals surface area contributed by atoms with E-state index in [1.54, 1.807) is 0 Å². The zero-order chi connectivity index (χ0) is 15.1. The molecule has 1 aliphatic rings. The maximum Gasteiger partial charge on any atom is 0.172 e. The van der Waals surface area contributed by atoms with Gasteiger partial charge in [0.1, 0.15) is 17.1 Å². The number of aromatic hydroxyl groups is 2. The van der Waals surface area contributed by atoms with Crippen LogP contribution in [0.1, 0.15) is 33.2 Å². The smallest absolute Gasteiger partial charge is 0.172 e. The molecular formula is C16H12O4S. The highest BCUT2D eigenvalue weighted by Gasteiger charge is 2.28. The number of rotatable bonds is 1. The Kier molecular flexibility index (Phi) is 3.22. The predicted octanol–water partition coefficient (Wildman–Crippen LogP) is 3.19. The van der Waals surface area contributed by atoms with E-state index in [9.17, 15) is 19.8 Å². The summed E-state index contributed by atoms with van der Waals surface area (Å²) >= 11 is 1.30. The van der Waals surface area contributed by atoms with Gasteiger partial charge in [-0.2, -0.15) is 0 Å². The molecule has 0 amide bonds. The first-order valence-corrected chi connectivity index (χ1v) is 7.19. The summed E-state index contributed by atoms with van der Waals surface area (Å²) in [6.45, 7) is 1.24. The Morgan fingerprint density at radius 2 is 1.90 bits per heavy atom. The fourth-order valence-corrected chi connectivity index (χ4v) is 3.60. The normalized spacial score (nSPS) is 13.3. The van der Waals surface area contributed by atoms with Crippen molar-refractivity contribution in [2.24, 2.45) is 0 Å². The van der Waals surface area contributed by atoms with Gasteiger partial charge in [-0.25, -0.2) is 0 Å². The third-order valence-electron chi connectivity index (χ3n) is 3.42. The maximum atomic E-state index is 12.4. The zero-order valence-electron chi connectivity index (χ0n) is 11.2. The predicted molar refractivity (Wildman–Crippen MR) is 78.4 cm³/mol. The lowest BCUT2D eigenvalue weighted by Gasteiger charge is -2.11. The van der Waals surface area contributed by atoms with Crippen LogP contribution in [0.15, 0.2) is 40.1 Å². The fourth-order valence-electron chi connectivity index (χ4n) is 2.46. The Labute approximate surface area is 125 Å². The van der Waals surface area contributed by atoms with Crippen LogP contribution >= 0.6 is 11.8 Å². The molecule has 4 nitrogen and oxygen atoms in total. The van der Waals surface area contributed by atoms with Crippen LogP contribution < -0.4 is 0 Å². The minimum absolute atomic E-state index is 0.110. The monoisotopic (exact) mass is 300 g/mol. The molecule has 21 heavy (non-hydrogen) atoms. The minimum Gasteiger partial charge on any atom is -0.507 e. The molecule has 0 saturated heterocycles. The highest BCUT2D eigenvalue weighted by atomic mass is 32.2. The number of carbonyl (C=O) groups is 2. The van der Waals surface area contributed by atoms with E-state index in [-0.39, 0.29) is 29.1 Å². The van der Waals surface area contributed by atoms with E-state index in [4.69, 9.17) is 0 Å². The van der Waals surface area contributed by atoms with Crippen LogP contribution in [0.4, 0.5) is 0 Å². The second-order valence-corrected chi connectivity index (χ2v) is 5.94. The van der Waals surface area contributed by atoms with Crippen molar-refractivity contribution in [3.63, 3.8) is 0 Å². The van der Waals surface area contributed by atoms with Gasteiger partial charge in [0.2, 0.25) is 0 Å². The molecule has 2 N–H and O–H groups in total. The molecule has 2 aromatic rings. The summed E-state index contributed by atoms with van der Waals surface area (Å²) in [6.07, 6.45) is 0.159. The maximum absolute atomic E-state index is 12.4. The van der Waals surface area contributed by atoms with Crippen molar-refractivity contribution >= 4 is 23.3 Å². The van der Waals surface area contributed by atoms with Crippen LogP contribution in [0, 0.1) is 0 Å². The lowest BCUT2D eigenvalue weighted by atomic mass is 9.98. The number of hydrogen-bond donors (Lipinski definition) is 2. The van der Waals surface area contributed by atoms with Gasteiger partial charge in [-0.15, -0.1) is 0 Å². The van der Waals surface area contributed by atoms with Crippen molar-refractivity contribution in [1.29, 1.82) is 0 Å². The molecule has 0 saturated carbocycles. The lowest BCUT2D eigenvalue weighted by molar-refractivity contribution is 0.0987. The molecule has 1 heterocycles. The van der Waals surface area contributed by atoms with Crippen molar-refractivity contribution in [3.05, 3.63) is 47.0 Å². The summed E-state index contributed by atoms with van der Waals surface area (Å²) in [5.41, 5.74) is 0.778. The SMILES string of the molecule is CC(=O)c1c(O)cc2c(c1O)C(=O)Cc1ccccc1S2. The molecule has 106 valence electrons. The third-order valence-corrected chi connectivity index (χ3v) is 4.58. The number of Topliss-reactive ketones (excluding diaryl/α,β-unsaturated/α-hetero) is 2. The van der Waals surface area contributed by atoms with E-state index in [0.717, 1.165) is 10.5 Å². The van der Waals surface area contributed by atoms with Crippen LogP contribution in [0.3, 0.4) is 0 Å². The summed E-state index contributed by atoms with van der Waals surface area (Å²) in [4.78, 5) is 25.3. The molecule has 1 aliphatic heterocycles. The largest absolute Gasteiger partial charge is 0.507 e. The summed E-state index contributed by atoms with van der Waals surface area (Å²) in [5, 5.41) is 20.2. The van der Waals surface area contributed by atoms with Gasteiger partial charge in [0.05, 0.1) is 5.56 Å². The first-order chi connectivity index (χ1) is 9.99. The first-order valence-electron chi connectivity index (χ1n) is 6.38. The average molecular weight is 300 g/mol. The Balaban J connectivity index is 2.26. The zero-order valence-corrected chi connectivity index (χ0v) is 12.0. The van der Waals surface area contributed by atoms with Crippen molar-refractivity contribution in [2.75, 3.05) is 0 Å². The van der Waals surface area contributed by atoms with Gasteiger partial charge in [0.15, 0.2) is 11.6 Å². The van der Waals surface area contributed by atoms with E-state index in [0.29, 0.717) is 4.90 Å². The molecule has 0 unspecified atom stereocenters. The number of ketones is 2. The number of hydrogen-bond acceptors (Lipinski definition) is 5. The quantitative estimate of drug-likeness (QED) is 0.791. The number of phenols is 2. The van der Waals surface area contributed by atoms with E-state index >= 15 is 0 Å². The highest BCUT2D eigenvalue weighted by molar-refractivity contribution is 7.99. The summed E-state index contributed by atoms with van der Waals surface area (Å²) in [7, 11) is 0. The van der Waals surface area contributed by atoms with Crippen molar-refractivity contribution in [2.45, 2.75) is 23.1 Å². The van der Waals surface area contributed by atoms with Gasteiger partial charge in [-0.3, -0.25) is 9.59 Å². The Hall–Kier alpha value is -2.27. The van der Waals surface area contributed by atoms with Crippen molar-refractivity contribution < 1.29 is 19.8 Å². The number of phenolic OH excluding ortho intramolecular Hbond substituents is 2. The molecule has 0 bridgehead atoms. The molecule has 0 aromatic heterocycles.